The molecule has 0 amide bonds. The van der Waals surface area contributed by atoms with Gasteiger partial charge in [0.05, 0.1) is 11.4 Å². The molecule has 0 aromatic rings. The van der Waals surface area contributed by atoms with Gasteiger partial charge in [0.15, 0.2) is 0 Å². The van der Waals surface area contributed by atoms with Crippen molar-refractivity contribution >= 4 is 9.84 Å². The molecule has 1 rings (SSSR count). The summed E-state index contributed by atoms with van der Waals surface area (Å²) >= 11 is 0. The SMILES string of the molecule is CCCS(=O)(=O)CCC1(O)CCC(N)CC1. The fourth-order valence-electron chi connectivity index (χ4n) is 2.19. The van der Waals surface area contributed by atoms with E-state index in [0.717, 1.165) is 12.8 Å². The van der Waals surface area contributed by atoms with Crippen LogP contribution in [0.2, 0.25) is 0 Å². The topological polar surface area (TPSA) is 80.4 Å². The van der Waals surface area contributed by atoms with Crippen LogP contribution in [0.5, 0.6) is 0 Å². The van der Waals surface area contributed by atoms with Gasteiger partial charge < -0.3 is 10.8 Å². The summed E-state index contributed by atoms with van der Waals surface area (Å²) in [5.41, 5.74) is 4.96. The average molecular weight is 249 g/mol. The summed E-state index contributed by atoms with van der Waals surface area (Å²) < 4.78 is 23.1. The first-order valence-corrected chi connectivity index (χ1v) is 7.87. The van der Waals surface area contributed by atoms with E-state index in [1.165, 1.54) is 0 Å². The molecule has 1 saturated carbocycles. The van der Waals surface area contributed by atoms with E-state index >= 15 is 0 Å². The zero-order chi connectivity index (χ0) is 12.2. The highest BCUT2D eigenvalue weighted by Crippen LogP contribution is 2.30. The highest BCUT2D eigenvalue weighted by Gasteiger charge is 2.32. The van der Waals surface area contributed by atoms with Crippen molar-refractivity contribution in [2.75, 3.05) is 11.5 Å². The second-order valence-electron chi connectivity index (χ2n) is 4.96. The third-order valence-corrected chi connectivity index (χ3v) is 5.21. The molecule has 5 heteroatoms. The first kappa shape index (κ1) is 13.9. The monoisotopic (exact) mass is 249 g/mol. The lowest BCUT2D eigenvalue weighted by atomic mass is 9.81. The molecule has 0 aliphatic heterocycles. The standard InChI is InChI=1S/C11H23NO3S/c1-2-8-16(14,15)9-7-11(13)5-3-10(12)4-6-11/h10,13H,2-9,12H2,1H3. The molecular formula is C11H23NO3S. The molecular weight excluding hydrogens is 226 g/mol. The normalized spacial score (nSPS) is 31.6. The van der Waals surface area contributed by atoms with Crippen molar-refractivity contribution in [2.45, 2.75) is 57.1 Å². The fourth-order valence-corrected chi connectivity index (χ4v) is 3.70. The van der Waals surface area contributed by atoms with Crippen LogP contribution in [0, 0.1) is 0 Å². The average Bonchev–Trinajstić information content (AvgIpc) is 2.21. The number of nitrogens with two attached hydrogens (primary N) is 1. The van der Waals surface area contributed by atoms with Crippen LogP contribution in [-0.4, -0.2) is 36.7 Å². The number of sulfone groups is 1. The Morgan fingerprint density at radius 1 is 1.31 bits per heavy atom. The Labute approximate surface area is 98.1 Å². The quantitative estimate of drug-likeness (QED) is 0.756. The van der Waals surface area contributed by atoms with Gasteiger partial charge in [-0.15, -0.1) is 0 Å². The van der Waals surface area contributed by atoms with Crippen molar-refractivity contribution in [2.24, 2.45) is 5.73 Å². The van der Waals surface area contributed by atoms with E-state index in [4.69, 9.17) is 5.73 Å². The molecule has 1 aliphatic carbocycles. The lowest BCUT2D eigenvalue weighted by Crippen LogP contribution is -2.40. The van der Waals surface area contributed by atoms with E-state index in [-0.39, 0.29) is 17.5 Å². The largest absolute Gasteiger partial charge is 0.390 e. The van der Waals surface area contributed by atoms with Crippen LogP contribution >= 0.6 is 0 Å². The molecule has 0 saturated heterocycles. The highest BCUT2D eigenvalue weighted by molar-refractivity contribution is 7.91. The number of rotatable bonds is 5. The summed E-state index contributed by atoms with van der Waals surface area (Å²) in [7, 11) is -2.97. The minimum Gasteiger partial charge on any atom is -0.390 e. The molecule has 1 aliphatic rings. The number of aliphatic hydroxyl groups is 1. The van der Waals surface area contributed by atoms with E-state index in [2.05, 4.69) is 0 Å². The summed E-state index contributed by atoms with van der Waals surface area (Å²) in [5.74, 6) is 0.329. The molecule has 0 unspecified atom stereocenters. The van der Waals surface area contributed by atoms with Crippen LogP contribution < -0.4 is 5.73 Å². The van der Waals surface area contributed by atoms with E-state index < -0.39 is 15.4 Å². The third kappa shape index (κ3) is 4.39. The van der Waals surface area contributed by atoms with Crippen molar-refractivity contribution in [3.8, 4) is 0 Å². The summed E-state index contributed by atoms with van der Waals surface area (Å²) in [6.07, 6.45) is 3.87. The van der Waals surface area contributed by atoms with Crippen molar-refractivity contribution in [1.82, 2.24) is 0 Å². The molecule has 3 N–H and O–H groups in total. The van der Waals surface area contributed by atoms with Crippen molar-refractivity contribution in [3.63, 3.8) is 0 Å². The molecule has 1 fully saturated rings. The Balaban J connectivity index is 2.42. The smallest absolute Gasteiger partial charge is 0.150 e. The van der Waals surface area contributed by atoms with Gasteiger partial charge in [0.2, 0.25) is 0 Å². The number of hydrogen-bond donors (Lipinski definition) is 2. The molecule has 0 bridgehead atoms. The Bertz CT molecular complexity index is 305. The van der Waals surface area contributed by atoms with Crippen LogP contribution in [0.25, 0.3) is 0 Å². The summed E-state index contributed by atoms with van der Waals surface area (Å²) in [6, 6.07) is 0.174. The third-order valence-electron chi connectivity index (χ3n) is 3.35. The van der Waals surface area contributed by atoms with Gasteiger partial charge in [-0.25, -0.2) is 8.42 Å². The van der Waals surface area contributed by atoms with Gasteiger partial charge in [0.1, 0.15) is 9.84 Å². The Morgan fingerprint density at radius 3 is 2.38 bits per heavy atom. The van der Waals surface area contributed by atoms with Crippen LogP contribution in [0.3, 0.4) is 0 Å². The molecule has 4 nitrogen and oxygen atoms in total. The summed E-state index contributed by atoms with van der Waals surface area (Å²) in [6.45, 7) is 1.85. The minimum atomic E-state index is -2.97. The van der Waals surface area contributed by atoms with E-state index in [0.29, 0.717) is 25.7 Å². The molecule has 0 heterocycles. The van der Waals surface area contributed by atoms with Crippen LogP contribution in [0.4, 0.5) is 0 Å². The molecule has 0 atom stereocenters. The second kappa shape index (κ2) is 5.47. The van der Waals surface area contributed by atoms with Crippen molar-refractivity contribution < 1.29 is 13.5 Å². The van der Waals surface area contributed by atoms with Crippen LogP contribution in [0.15, 0.2) is 0 Å². The predicted molar refractivity (Wildman–Crippen MR) is 65.0 cm³/mol. The lowest BCUT2D eigenvalue weighted by Gasteiger charge is -2.34. The van der Waals surface area contributed by atoms with Gasteiger partial charge in [0, 0.05) is 11.8 Å². The van der Waals surface area contributed by atoms with Crippen LogP contribution in [0.1, 0.15) is 45.4 Å². The van der Waals surface area contributed by atoms with Gasteiger partial charge in [-0.2, -0.15) is 0 Å². The summed E-state index contributed by atoms with van der Waals surface area (Å²) in [5, 5.41) is 10.2. The number of hydrogen-bond acceptors (Lipinski definition) is 4. The van der Waals surface area contributed by atoms with Gasteiger partial charge in [-0.05, 0) is 38.5 Å². The van der Waals surface area contributed by atoms with Gasteiger partial charge in [-0.3, -0.25) is 0 Å². The van der Waals surface area contributed by atoms with Gasteiger partial charge in [0.25, 0.3) is 0 Å². The summed E-state index contributed by atoms with van der Waals surface area (Å²) in [4.78, 5) is 0. The molecule has 0 aromatic carbocycles. The first-order chi connectivity index (χ1) is 7.37. The predicted octanol–water partition coefficient (Wildman–Crippen LogP) is 0.834. The maximum atomic E-state index is 11.5. The van der Waals surface area contributed by atoms with Crippen LogP contribution in [-0.2, 0) is 9.84 Å². The first-order valence-electron chi connectivity index (χ1n) is 6.05. The molecule has 0 spiro atoms. The van der Waals surface area contributed by atoms with Gasteiger partial charge >= 0.3 is 0 Å². The minimum absolute atomic E-state index is 0.104. The zero-order valence-electron chi connectivity index (χ0n) is 9.98. The highest BCUT2D eigenvalue weighted by atomic mass is 32.2. The van der Waals surface area contributed by atoms with Crippen molar-refractivity contribution in [1.29, 1.82) is 0 Å². The molecule has 0 radical (unpaired) electrons. The Kier molecular flexibility index (Phi) is 4.76. The lowest BCUT2D eigenvalue weighted by molar-refractivity contribution is -0.00282. The maximum absolute atomic E-state index is 11.5. The molecule has 96 valence electrons. The molecule has 16 heavy (non-hydrogen) atoms. The maximum Gasteiger partial charge on any atom is 0.150 e. The van der Waals surface area contributed by atoms with E-state index in [1.807, 2.05) is 6.92 Å². The zero-order valence-corrected chi connectivity index (χ0v) is 10.8. The Hall–Kier alpha value is -0.130. The van der Waals surface area contributed by atoms with E-state index in [1.54, 1.807) is 0 Å². The van der Waals surface area contributed by atoms with Crippen molar-refractivity contribution in [3.05, 3.63) is 0 Å². The van der Waals surface area contributed by atoms with Gasteiger partial charge in [-0.1, -0.05) is 6.92 Å². The fraction of sp³-hybridized carbons (Fsp3) is 1.00. The van der Waals surface area contributed by atoms with E-state index in [9.17, 15) is 13.5 Å². The second-order valence-corrected chi connectivity index (χ2v) is 7.27. The molecule has 0 aromatic heterocycles. The Morgan fingerprint density at radius 2 is 1.88 bits per heavy atom.